The summed E-state index contributed by atoms with van der Waals surface area (Å²) in [6.07, 6.45) is 20.9. The van der Waals surface area contributed by atoms with Crippen molar-refractivity contribution in [3.8, 4) is 11.1 Å². The standard InChI is InChI=1S/C47H54N6O7/c54-40(34-22-20-33(21-23-34)38-31-48-41(52-32-49-51-44(38)52)26-24-36-17-14-30-60-36)19-10-6-2-1-3-7-11-28-59-29-12-8-4-5-9-15-35-16-13-18-37-43(35)47(58)53(46(37)57)39-25-27-42(55)50-45(39)56/h13-14,16-18,20-23,30-32,39H,1-12,15,19,24-29H2,(H,50,55,56). The number of aromatic nitrogens is 4. The van der Waals surface area contributed by atoms with Crippen LogP contribution < -0.4 is 5.32 Å². The Morgan fingerprint density at radius 1 is 0.767 bits per heavy atom. The van der Waals surface area contributed by atoms with Crippen LogP contribution in [-0.4, -0.2) is 73.1 Å². The first-order chi connectivity index (χ1) is 29.4. The topological polar surface area (TPSA) is 166 Å². The van der Waals surface area contributed by atoms with Gasteiger partial charge in [-0.25, -0.2) is 4.98 Å². The normalized spacial score (nSPS) is 15.3. The van der Waals surface area contributed by atoms with E-state index in [9.17, 15) is 24.0 Å². The molecule has 5 heterocycles. The summed E-state index contributed by atoms with van der Waals surface area (Å²) in [5.41, 5.74) is 4.86. The summed E-state index contributed by atoms with van der Waals surface area (Å²) in [6.45, 7) is 1.55. The number of fused-ring (bicyclic) bond motifs is 2. The molecule has 0 radical (unpaired) electrons. The quantitative estimate of drug-likeness (QED) is 0.0366. The maximum absolute atomic E-state index is 13.3. The highest BCUT2D eigenvalue weighted by Gasteiger charge is 2.45. The molecule has 0 saturated carbocycles. The zero-order valence-electron chi connectivity index (χ0n) is 34.2. The van der Waals surface area contributed by atoms with Crippen molar-refractivity contribution in [2.75, 3.05) is 13.2 Å². The van der Waals surface area contributed by atoms with Crippen molar-refractivity contribution in [1.29, 1.82) is 0 Å². The molecule has 2 aliphatic rings. The molecule has 1 N–H and O–H groups in total. The predicted molar refractivity (Wildman–Crippen MR) is 224 cm³/mol. The van der Waals surface area contributed by atoms with Gasteiger partial charge in [0.15, 0.2) is 11.4 Å². The number of ketones is 1. The Morgan fingerprint density at radius 2 is 1.50 bits per heavy atom. The fourth-order valence-corrected chi connectivity index (χ4v) is 8.24. The third kappa shape index (κ3) is 10.5. The molecule has 1 unspecified atom stereocenters. The molecule has 7 rings (SSSR count). The van der Waals surface area contributed by atoms with Gasteiger partial charge in [0.2, 0.25) is 11.8 Å². The summed E-state index contributed by atoms with van der Waals surface area (Å²) >= 11 is 0. The maximum Gasteiger partial charge on any atom is 0.262 e. The van der Waals surface area contributed by atoms with Gasteiger partial charge >= 0.3 is 0 Å². The SMILES string of the molecule is O=C1CCC(N2C(=O)c3cccc(CCCCCCCOCCCCCCCCCC(=O)c4ccc(-c5cnc(CCc6ccco6)n6cnnc56)cc4)c3C2=O)C(=O)N1. The van der Waals surface area contributed by atoms with Crippen molar-refractivity contribution in [2.24, 2.45) is 0 Å². The molecule has 1 atom stereocenters. The monoisotopic (exact) mass is 814 g/mol. The Morgan fingerprint density at radius 3 is 2.23 bits per heavy atom. The molecule has 5 aromatic rings. The van der Waals surface area contributed by atoms with E-state index in [0.29, 0.717) is 30.4 Å². The molecule has 0 aliphatic carbocycles. The van der Waals surface area contributed by atoms with Crippen LogP contribution in [0, 0.1) is 0 Å². The highest BCUT2D eigenvalue weighted by Crippen LogP contribution is 2.31. The molecular formula is C47H54N6O7. The van der Waals surface area contributed by atoms with Crippen LogP contribution >= 0.6 is 0 Å². The molecule has 13 heteroatoms. The molecule has 2 aromatic carbocycles. The Labute approximate surface area is 350 Å². The predicted octanol–water partition coefficient (Wildman–Crippen LogP) is 8.08. The number of hydrogen-bond acceptors (Lipinski definition) is 10. The number of ether oxygens (including phenoxy) is 1. The number of rotatable bonds is 24. The van der Waals surface area contributed by atoms with Gasteiger partial charge in [-0.1, -0.05) is 87.8 Å². The average Bonchev–Trinajstić information content (AvgIpc) is 4.03. The number of hydrogen-bond donors (Lipinski definition) is 1. The minimum atomic E-state index is -0.948. The molecule has 60 heavy (non-hydrogen) atoms. The van der Waals surface area contributed by atoms with Crippen molar-refractivity contribution in [1.82, 2.24) is 29.8 Å². The van der Waals surface area contributed by atoms with Crippen LogP contribution in [0.2, 0.25) is 0 Å². The lowest BCUT2D eigenvalue weighted by Crippen LogP contribution is -2.54. The van der Waals surface area contributed by atoms with Crippen molar-refractivity contribution in [3.05, 3.63) is 107 Å². The summed E-state index contributed by atoms with van der Waals surface area (Å²) in [5, 5.41) is 10.7. The number of imide groups is 2. The molecule has 0 bridgehead atoms. The molecule has 2 aliphatic heterocycles. The summed E-state index contributed by atoms with van der Waals surface area (Å²) in [5.74, 6) is 0.0707. The zero-order chi connectivity index (χ0) is 41.7. The van der Waals surface area contributed by atoms with E-state index in [4.69, 9.17) is 14.1 Å². The van der Waals surface area contributed by atoms with E-state index < -0.39 is 23.8 Å². The van der Waals surface area contributed by atoms with Crippen molar-refractivity contribution < 1.29 is 33.1 Å². The van der Waals surface area contributed by atoms with Crippen LogP contribution in [0.1, 0.15) is 145 Å². The van der Waals surface area contributed by atoms with Gasteiger partial charge in [0.25, 0.3) is 11.8 Å². The lowest BCUT2D eigenvalue weighted by molar-refractivity contribution is -0.136. The average molecular weight is 815 g/mol. The highest BCUT2D eigenvalue weighted by molar-refractivity contribution is 6.24. The van der Waals surface area contributed by atoms with E-state index in [1.165, 1.54) is 12.8 Å². The first kappa shape index (κ1) is 42.3. The van der Waals surface area contributed by atoms with Gasteiger partial charge in [0, 0.05) is 56.2 Å². The van der Waals surface area contributed by atoms with Gasteiger partial charge in [-0.3, -0.25) is 38.6 Å². The summed E-state index contributed by atoms with van der Waals surface area (Å²) in [7, 11) is 0. The maximum atomic E-state index is 13.3. The second-order valence-electron chi connectivity index (χ2n) is 15.8. The number of benzene rings is 2. The Kier molecular flexibility index (Phi) is 14.8. The van der Waals surface area contributed by atoms with Gasteiger partial charge in [0.1, 0.15) is 24.0 Å². The highest BCUT2D eigenvalue weighted by atomic mass is 16.5. The summed E-state index contributed by atoms with van der Waals surface area (Å²) < 4.78 is 13.2. The van der Waals surface area contributed by atoms with Crippen molar-refractivity contribution in [2.45, 2.75) is 122 Å². The number of amides is 4. The molecule has 4 amide bonds. The number of furan rings is 1. The van der Waals surface area contributed by atoms with Crippen molar-refractivity contribution >= 4 is 35.1 Å². The van der Waals surface area contributed by atoms with Crippen LogP contribution in [-0.2, 0) is 33.6 Å². The molecule has 314 valence electrons. The third-order valence-electron chi connectivity index (χ3n) is 11.6. The second-order valence-corrected chi connectivity index (χ2v) is 15.8. The fourth-order valence-electron chi connectivity index (χ4n) is 8.24. The Bertz CT molecular complexity index is 2270. The van der Waals surface area contributed by atoms with Gasteiger partial charge in [-0.2, -0.15) is 0 Å². The van der Waals surface area contributed by atoms with Crippen LogP contribution in [0.5, 0.6) is 0 Å². The van der Waals surface area contributed by atoms with E-state index in [1.807, 2.05) is 53.1 Å². The second kappa shape index (κ2) is 20.9. The molecule has 0 spiro atoms. The van der Waals surface area contributed by atoms with E-state index in [1.54, 1.807) is 24.7 Å². The van der Waals surface area contributed by atoms with E-state index in [2.05, 4.69) is 15.5 Å². The van der Waals surface area contributed by atoms with Crippen LogP contribution in [0.25, 0.3) is 16.8 Å². The number of carbonyl (C=O) groups is 5. The van der Waals surface area contributed by atoms with E-state index in [-0.39, 0.29) is 24.5 Å². The van der Waals surface area contributed by atoms with Crippen LogP contribution in [0.3, 0.4) is 0 Å². The molecule has 13 nitrogen and oxygen atoms in total. The number of piperidine rings is 1. The Balaban J connectivity index is 0.690. The van der Waals surface area contributed by atoms with Crippen molar-refractivity contribution in [3.63, 3.8) is 0 Å². The summed E-state index contributed by atoms with van der Waals surface area (Å²) in [4.78, 5) is 68.9. The van der Waals surface area contributed by atoms with E-state index >= 15 is 0 Å². The van der Waals surface area contributed by atoms with Gasteiger partial charge in [-0.15, -0.1) is 10.2 Å². The number of nitrogens with zero attached hydrogens (tertiary/aromatic N) is 5. The summed E-state index contributed by atoms with van der Waals surface area (Å²) in [6, 6.07) is 15.9. The lowest BCUT2D eigenvalue weighted by atomic mass is 9.97. The zero-order valence-corrected chi connectivity index (χ0v) is 34.2. The lowest BCUT2D eigenvalue weighted by Gasteiger charge is -2.27. The number of aryl methyl sites for hydroxylation is 3. The number of nitrogens with one attached hydrogen (secondary N) is 1. The first-order valence-electron chi connectivity index (χ1n) is 21.6. The molecule has 3 aromatic heterocycles. The van der Waals surface area contributed by atoms with Gasteiger partial charge < -0.3 is 9.15 Å². The number of carbonyl (C=O) groups excluding carboxylic acids is 5. The number of Topliss-reactive ketones (excluding diaryl/α,β-unsaturated/α-hetero) is 1. The Hall–Kier alpha value is -5.82. The third-order valence-corrected chi connectivity index (χ3v) is 11.6. The largest absolute Gasteiger partial charge is 0.469 e. The minimum absolute atomic E-state index is 0.106. The van der Waals surface area contributed by atoms with Gasteiger partial charge in [-0.05, 0) is 67.9 Å². The molecule has 1 fully saturated rings. The fraction of sp³-hybridized carbons (Fsp3) is 0.447. The number of unbranched alkanes of at least 4 members (excludes halogenated alkanes) is 10. The van der Waals surface area contributed by atoms with Crippen LogP contribution in [0.4, 0.5) is 0 Å². The molecular weight excluding hydrogens is 761 g/mol. The van der Waals surface area contributed by atoms with E-state index in [0.717, 1.165) is 128 Å². The first-order valence-corrected chi connectivity index (χ1v) is 21.6. The van der Waals surface area contributed by atoms with Crippen LogP contribution in [0.15, 0.2) is 77.8 Å². The van der Waals surface area contributed by atoms with Gasteiger partial charge in [0.05, 0.1) is 17.4 Å². The molecule has 1 saturated heterocycles. The smallest absolute Gasteiger partial charge is 0.262 e. The minimum Gasteiger partial charge on any atom is -0.469 e.